The van der Waals surface area contributed by atoms with Gasteiger partial charge in [0.05, 0.1) is 11.0 Å². The summed E-state index contributed by atoms with van der Waals surface area (Å²) in [4.78, 5) is 0. The Hall–Kier alpha value is -6.64. The molecule has 0 spiro atoms. The van der Waals surface area contributed by atoms with Crippen LogP contribution in [0.25, 0.3) is 82.8 Å². The predicted octanol–water partition coefficient (Wildman–Crippen LogP) is 13.2. The molecule has 0 amide bonds. The Morgan fingerprint density at radius 1 is 0.412 bits per heavy atom. The molecule has 238 valence electrons. The summed E-state index contributed by atoms with van der Waals surface area (Å²) in [5.41, 5.74) is 16.8. The van der Waals surface area contributed by atoms with E-state index in [1.165, 1.54) is 66.4 Å². The number of para-hydroxylation sites is 2. The summed E-state index contributed by atoms with van der Waals surface area (Å²) in [5.74, 6) is 0.201. The fraction of sp³-hybridized carbons (Fsp3) is 0.0204. The van der Waals surface area contributed by atoms with Crippen LogP contribution < -0.4 is 0 Å². The molecule has 2 nitrogen and oxygen atoms in total. The van der Waals surface area contributed by atoms with Crippen molar-refractivity contribution in [3.05, 3.63) is 199 Å². The normalized spacial score (nSPS) is 13.7. The molecule has 2 aromatic heterocycles. The molecule has 0 bridgehead atoms. The number of fused-ring (bicyclic) bond motifs is 10. The Morgan fingerprint density at radius 3 is 1.92 bits per heavy atom. The van der Waals surface area contributed by atoms with Crippen molar-refractivity contribution in [1.82, 2.24) is 4.57 Å². The highest BCUT2D eigenvalue weighted by Gasteiger charge is 2.30. The molecule has 0 N–H and O–H groups in total. The predicted molar refractivity (Wildman–Crippen MR) is 212 cm³/mol. The van der Waals surface area contributed by atoms with Gasteiger partial charge in [0.15, 0.2) is 5.58 Å². The standard InChI is InChI=1S/C49H31NO/c1-3-11-31(12-4-1)32-19-21-33(22-20-32)47-39-17-8-7-15-37(39)43-29-34(23-25-40(43)47)35-24-28-45-44(30-35)41-26-27-42-38-16-9-10-18-46(38)51-49(42)48(41)50(45)36-13-5-2-6-14-36/h1-30,47H. The van der Waals surface area contributed by atoms with Crippen LogP contribution in [0.3, 0.4) is 0 Å². The number of aromatic nitrogens is 1. The number of hydrogen-bond acceptors (Lipinski definition) is 1. The molecule has 1 unspecified atom stereocenters. The van der Waals surface area contributed by atoms with Crippen molar-refractivity contribution in [3.63, 3.8) is 0 Å². The van der Waals surface area contributed by atoms with Crippen molar-refractivity contribution >= 4 is 43.7 Å². The van der Waals surface area contributed by atoms with Crippen LogP contribution in [0, 0.1) is 0 Å². The third kappa shape index (κ3) is 4.23. The number of hydrogen-bond donors (Lipinski definition) is 0. The molecule has 1 aliphatic rings. The van der Waals surface area contributed by atoms with Crippen LogP contribution in [0.1, 0.15) is 22.6 Å². The van der Waals surface area contributed by atoms with E-state index in [4.69, 9.17) is 4.42 Å². The van der Waals surface area contributed by atoms with Gasteiger partial charge in [-0.15, -0.1) is 0 Å². The van der Waals surface area contributed by atoms with E-state index in [0.29, 0.717) is 0 Å². The van der Waals surface area contributed by atoms with Crippen LogP contribution >= 0.6 is 0 Å². The van der Waals surface area contributed by atoms with Crippen LogP contribution in [0.15, 0.2) is 186 Å². The van der Waals surface area contributed by atoms with Crippen LogP contribution in [-0.4, -0.2) is 4.57 Å². The van der Waals surface area contributed by atoms with Crippen LogP contribution in [0.4, 0.5) is 0 Å². The van der Waals surface area contributed by atoms with Crippen LogP contribution in [-0.2, 0) is 0 Å². The highest BCUT2D eigenvalue weighted by molar-refractivity contribution is 6.21. The van der Waals surface area contributed by atoms with Gasteiger partial charge in [0, 0.05) is 33.2 Å². The van der Waals surface area contributed by atoms with Crippen LogP contribution in [0.2, 0.25) is 0 Å². The fourth-order valence-corrected chi connectivity index (χ4v) is 8.55. The molecule has 0 saturated heterocycles. The summed E-state index contributed by atoms with van der Waals surface area (Å²) in [6, 6.07) is 66.2. The van der Waals surface area contributed by atoms with Gasteiger partial charge in [-0.05, 0) is 92.5 Å². The largest absolute Gasteiger partial charge is 0.454 e. The SMILES string of the molecule is c1ccc(-c2ccc(C3c4ccccc4-c4cc(-c5ccc6c(c5)c5ccc7c8ccccc8oc7c5n6-c5ccccc5)ccc43)cc2)cc1. The maximum absolute atomic E-state index is 6.61. The molecule has 51 heavy (non-hydrogen) atoms. The summed E-state index contributed by atoms with van der Waals surface area (Å²) in [6.07, 6.45) is 0. The highest BCUT2D eigenvalue weighted by atomic mass is 16.3. The lowest BCUT2D eigenvalue weighted by Gasteiger charge is -2.15. The van der Waals surface area contributed by atoms with E-state index in [-0.39, 0.29) is 5.92 Å². The van der Waals surface area contributed by atoms with E-state index in [9.17, 15) is 0 Å². The Balaban J connectivity index is 1.07. The molecule has 0 saturated carbocycles. The van der Waals surface area contributed by atoms with Gasteiger partial charge in [0.25, 0.3) is 0 Å². The van der Waals surface area contributed by atoms with Crippen molar-refractivity contribution < 1.29 is 4.42 Å². The van der Waals surface area contributed by atoms with Gasteiger partial charge in [-0.25, -0.2) is 0 Å². The number of benzene rings is 8. The van der Waals surface area contributed by atoms with E-state index >= 15 is 0 Å². The lowest BCUT2D eigenvalue weighted by molar-refractivity contribution is 0.671. The minimum atomic E-state index is 0.201. The van der Waals surface area contributed by atoms with E-state index in [1.807, 2.05) is 6.07 Å². The molecule has 0 aliphatic heterocycles. The minimum Gasteiger partial charge on any atom is -0.454 e. The second-order valence-electron chi connectivity index (χ2n) is 13.6. The third-order valence-corrected chi connectivity index (χ3v) is 10.9. The topological polar surface area (TPSA) is 18.1 Å². The summed E-state index contributed by atoms with van der Waals surface area (Å²) in [5, 5.41) is 4.68. The molecule has 11 rings (SSSR count). The zero-order chi connectivity index (χ0) is 33.5. The molecule has 0 fully saturated rings. The zero-order valence-corrected chi connectivity index (χ0v) is 27.8. The van der Waals surface area contributed by atoms with Gasteiger partial charge < -0.3 is 8.98 Å². The van der Waals surface area contributed by atoms with Gasteiger partial charge in [0.1, 0.15) is 5.58 Å². The number of furan rings is 1. The van der Waals surface area contributed by atoms with Gasteiger partial charge >= 0.3 is 0 Å². The Kier molecular flexibility index (Phi) is 6.05. The van der Waals surface area contributed by atoms with Crippen molar-refractivity contribution in [2.75, 3.05) is 0 Å². The van der Waals surface area contributed by atoms with E-state index in [0.717, 1.165) is 33.1 Å². The molecular formula is C49H31NO. The second-order valence-corrected chi connectivity index (χ2v) is 13.6. The summed E-state index contributed by atoms with van der Waals surface area (Å²) in [7, 11) is 0. The maximum Gasteiger partial charge on any atom is 0.160 e. The van der Waals surface area contributed by atoms with Gasteiger partial charge in [-0.3, -0.25) is 0 Å². The Bertz CT molecular complexity index is 2950. The molecule has 0 radical (unpaired) electrons. The van der Waals surface area contributed by atoms with Gasteiger partial charge in [-0.2, -0.15) is 0 Å². The first-order chi connectivity index (χ1) is 25.3. The van der Waals surface area contributed by atoms with Crippen molar-refractivity contribution in [3.8, 4) is 39.1 Å². The highest BCUT2D eigenvalue weighted by Crippen LogP contribution is 2.49. The van der Waals surface area contributed by atoms with Gasteiger partial charge in [-0.1, -0.05) is 140 Å². The van der Waals surface area contributed by atoms with E-state index < -0.39 is 0 Å². The maximum atomic E-state index is 6.61. The lowest BCUT2D eigenvalue weighted by Crippen LogP contribution is -1.99. The summed E-state index contributed by atoms with van der Waals surface area (Å²) in [6.45, 7) is 0. The van der Waals surface area contributed by atoms with E-state index in [1.54, 1.807) is 0 Å². The van der Waals surface area contributed by atoms with Crippen molar-refractivity contribution in [2.45, 2.75) is 5.92 Å². The third-order valence-electron chi connectivity index (χ3n) is 10.9. The molecule has 2 heterocycles. The summed E-state index contributed by atoms with van der Waals surface area (Å²) < 4.78 is 8.98. The van der Waals surface area contributed by atoms with Crippen molar-refractivity contribution in [1.29, 1.82) is 0 Å². The summed E-state index contributed by atoms with van der Waals surface area (Å²) >= 11 is 0. The van der Waals surface area contributed by atoms with Crippen LogP contribution in [0.5, 0.6) is 0 Å². The second kappa shape index (κ2) is 10.9. The molecule has 1 aliphatic carbocycles. The lowest BCUT2D eigenvalue weighted by atomic mass is 9.88. The first-order valence-electron chi connectivity index (χ1n) is 17.6. The smallest absolute Gasteiger partial charge is 0.160 e. The quantitative estimate of drug-likeness (QED) is 0.186. The van der Waals surface area contributed by atoms with Gasteiger partial charge in [0.2, 0.25) is 0 Å². The Labute approximate surface area is 295 Å². The monoisotopic (exact) mass is 649 g/mol. The fourth-order valence-electron chi connectivity index (χ4n) is 8.55. The molecule has 10 aromatic rings. The number of nitrogens with zero attached hydrogens (tertiary/aromatic N) is 1. The molecular weight excluding hydrogens is 619 g/mol. The molecule has 8 aromatic carbocycles. The Morgan fingerprint density at radius 2 is 1.06 bits per heavy atom. The molecule has 1 atom stereocenters. The van der Waals surface area contributed by atoms with Crippen molar-refractivity contribution in [2.24, 2.45) is 0 Å². The molecule has 2 heteroatoms. The number of rotatable bonds is 4. The first-order valence-corrected chi connectivity index (χ1v) is 17.6. The van der Waals surface area contributed by atoms with E-state index in [2.05, 4.69) is 180 Å². The minimum absolute atomic E-state index is 0.201. The zero-order valence-electron chi connectivity index (χ0n) is 27.8. The first kappa shape index (κ1) is 28.2. The average molecular weight is 650 g/mol. The average Bonchev–Trinajstić information content (AvgIpc) is 3.86.